The van der Waals surface area contributed by atoms with Gasteiger partial charge in [0.1, 0.15) is 5.82 Å². The van der Waals surface area contributed by atoms with Gasteiger partial charge in [-0.05, 0) is 34.2 Å². The van der Waals surface area contributed by atoms with Crippen LogP contribution in [-0.2, 0) is 12.8 Å². The number of thioether (sulfide) groups is 1. The first-order valence-electron chi connectivity index (χ1n) is 5.26. The van der Waals surface area contributed by atoms with Gasteiger partial charge in [-0.1, -0.05) is 11.8 Å². The Morgan fingerprint density at radius 3 is 3.00 bits per heavy atom. The fourth-order valence-corrected chi connectivity index (χ4v) is 2.22. The summed E-state index contributed by atoms with van der Waals surface area (Å²) < 4.78 is 15.1. The van der Waals surface area contributed by atoms with Gasteiger partial charge in [-0.25, -0.2) is 14.9 Å². The number of nitrogens with two attached hydrogens (primary N) is 1. The highest BCUT2D eigenvalue weighted by Crippen LogP contribution is 2.22. The summed E-state index contributed by atoms with van der Waals surface area (Å²) in [6, 6.07) is 4.05. The Morgan fingerprint density at radius 1 is 1.58 bits per heavy atom. The van der Waals surface area contributed by atoms with Crippen molar-refractivity contribution in [2.45, 2.75) is 10.9 Å². The molecule has 0 atom stereocenters. The molecule has 1 aromatic heterocycles. The van der Waals surface area contributed by atoms with Gasteiger partial charge in [-0.3, -0.25) is 10.2 Å². The van der Waals surface area contributed by atoms with Gasteiger partial charge in [0.2, 0.25) is 5.16 Å². The van der Waals surface area contributed by atoms with E-state index in [0.29, 0.717) is 22.0 Å². The molecule has 0 saturated carbocycles. The van der Waals surface area contributed by atoms with Gasteiger partial charge in [0.05, 0.1) is 0 Å². The van der Waals surface area contributed by atoms with E-state index in [4.69, 9.17) is 5.84 Å². The quantitative estimate of drug-likeness (QED) is 0.361. The van der Waals surface area contributed by atoms with Gasteiger partial charge in [-0.2, -0.15) is 0 Å². The third-order valence-corrected chi connectivity index (χ3v) is 3.44. The van der Waals surface area contributed by atoms with Crippen LogP contribution in [0.1, 0.15) is 15.9 Å². The first kappa shape index (κ1) is 13.4. The Labute approximate surface area is 112 Å². The van der Waals surface area contributed by atoms with Gasteiger partial charge < -0.3 is 0 Å². The van der Waals surface area contributed by atoms with Crippen molar-refractivity contribution in [1.29, 1.82) is 0 Å². The lowest BCUT2D eigenvalue weighted by Gasteiger charge is -2.05. The Hall–Kier alpha value is -2.00. The summed E-state index contributed by atoms with van der Waals surface area (Å²) in [5, 5.41) is 11.5. The van der Waals surface area contributed by atoms with Crippen molar-refractivity contribution in [3.8, 4) is 0 Å². The van der Waals surface area contributed by atoms with Crippen LogP contribution in [0.2, 0.25) is 0 Å². The maximum atomic E-state index is 13.6. The normalized spacial score (nSPS) is 10.5. The number of tetrazole rings is 1. The number of carbonyl (C=O) groups excluding carboxylic acids is 1. The summed E-state index contributed by atoms with van der Waals surface area (Å²) in [4.78, 5) is 11.4. The van der Waals surface area contributed by atoms with E-state index >= 15 is 0 Å². The van der Waals surface area contributed by atoms with E-state index in [2.05, 4.69) is 15.5 Å². The molecule has 2 rings (SSSR count). The third kappa shape index (κ3) is 3.06. The fourth-order valence-electron chi connectivity index (χ4n) is 1.40. The number of aromatic nitrogens is 4. The molecule has 9 heteroatoms. The number of nitrogens with one attached hydrogen (secondary N) is 1. The highest BCUT2D eigenvalue weighted by molar-refractivity contribution is 7.98. The van der Waals surface area contributed by atoms with Crippen LogP contribution < -0.4 is 11.3 Å². The molecule has 3 N–H and O–H groups in total. The number of amides is 1. The van der Waals surface area contributed by atoms with Crippen molar-refractivity contribution in [3.63, 3.8) is 0 Å². The predicted molar refractivity (Wildman–Crippen MR) is 66.4 cm³/mol. The number of carbonyl (C=O) groups is 1. The van der Waals surface area contributed by atoms with E-state index in [1.54, 1.807) is 7.05 Å². The van der Waals surface area contributed by atoms with Gasteiger partial charge in [0.15, 0.2) is 0 Å². The largest absolute Gasteiger partial charge is 0.290 e. The minimum absolute atomic E-state index is 0.301. The molecule has 7 nitrogen and oxygen atoms in total. The maximum absolute atomic E-state index is 13.6. The van der Waals surface area contributed by atoms with Gasteiger partial charge >= 0.3 is 0 Å². The fraction of sp³-hybridized carbons (Fsp3) is 0.200. The van der Waals surface area contributed by atoms with Crippen molar-refractivity contribution >= 4 is 17.7 Å². The molecule has 19 heavy (non-hydrogen) atoms. The van der Waals surface area contributed by atoms with E-state index in [1.807, 2.05) is 5.43 Å². The Kier molecular flexibility index (Phi) is 4.07. The lowest BCUT2D eigenvalue weighted by Crippen LogP contribution is -2.30. The first-order chi connectivity index (χ1) is 9.11. The highest BCUT2D eigenvalue weighted by atomic mass is 32.2. The molecule has 0 bridgehead atoms. The maximum Gasteiger partial charge on any atom is 0.265 e. The topological polar surface area (TPSA) is 98.7 Å². The molecule has 0 radical (unpaired) electrons. The number of aryl methyl sites for hydroxylation is 1. The van der Waals surface area contributed by atoms with E-state index < -0.39 is 11.7 Å². The number of hydrogen-bond acceptors (Lipinski definition) is 6. The number of rotatable bonds is 4. The zero-order chi connectivity index (χ0) is 13.8. The minimum atomic E-state index is -0.466. The van der Waals surface area contributed by atoms with Crippen molar-refractivity contribution in [2.75, 3.05) is 0 Å². The monoisotopic (exact) mass is 282 g/mol. The Morgan fingerprint density at radius 2 is 2.37 bits per heavy atom. The Bertz CT molecular complexity index is 601. The number of nitrogens with zero attached hydrogens (tertiary/aromatic N) is 4. The van der Waals surface area contributed by atoms with Crippen LogP contribution in [0.25, 0.3) is 0 Å². The molecule has 0 aliphatic heterocycles. The minimum Gasteiger partial charge on any atom is -0.290 e. The second-order valence-corrected chi connectivity index (χ2v) is 4.60. The summed E-state index contributed by atoms with van der Waals surface area (Å²) in [5.74, 6) is 4.49. The number of halogens is 1. The zero-order valence-corrected chi connectivity index (χ0v) is 10.8. The first-order valence-corrected chi connectivity index (χ1v) is 6.25. The molecule has 0 aliphatic rings. The van der Waals surface area contributed by atoms with Crippen molar-refractivity contribution < 1.29 is 9.18 Å². The second-order valence-electron chi connectivity index (χ2n) is 3.65. The molecule has 2 aromatic rings. The summed E-state index contributed by atoms with van der Waals surface area (Å²) in [6.07, 6.45) is 0. The molecule has 0 saturated heterocycles. The summed E-state index contributed by atoms with van der Waals surface area (Å²) >= 11 is 1.27. The molecular weight excluding hydrogens is 271 g/mol. The van der Waals surface area contributed by atoms with E-state index in [-0.39, 0.29) is 0 Å². The van der Waals surface area contributed by atoms with Crippen LogP contribution in [0.3, 0.4) is 0 Å². The molecule has 0 aliphatic carbocycles. The molecule has 1 heterocycles. The average Bonchev–Trinajstić information content (AvgIpc) is 2.82. The van der Waals surface area contributed by atoms with Crippen LogP contribution in [0.4, 0.5) is 4.39 Å². The van der Waals surface area contributed by atoms with Crippen molar-refractivity contribution in [3.05, 3.63) is 35.1 Å². The number of benzene rings is 1. The lowest BCUT2D eigenvalue weighted by molar-refractivity contribution is 0.0953. The van der Waals surface area contributed by atoms with Crippen LogP contribution in [-0.4, -0.2) is 26.1 Å². The summed E-state index contributed by atoms with van der Waals surface area (Å²) in [5.41, 5.74) is 2.69. The van der Waals surface area contributed by atoms with E-state index in [0.717, 1.165) is 0 Å². The molecule has 0 spiro atoms. The van der Waals surface area contributed by atoms with Gasteiger partial charge in [0.25, 0.3) is 5.91 Å². The zero-order valence-electron chi connectivity index (χ0n) is 10.00. The van der Waals surface area contributed by atoms with Crippen LogP contribution >= 0.6 is 11.8 Å². The number of hydrogen-bond donors (Lipinski definition) is 2. The predicted octanol–water partition coefficient (Wildman–Crippen LogP) is 0.245. The second kappa shape index (κ2) is 5.76. The van der Waals surface area contributed by atoms with E-state index in [1.165, 1.54) is 34.6 Å². The summed E-state index contributed by atoms with van der Waals surface area (Å²) in [7, 11) is 1.69. The standard InChI is InChI=1S/C10H11FN6OS/c1-17-10(14-15-16-17)19-5-7-4-6(9(18)13-12)2-3-8(7)11/h2-4H,5,12H2,1H3,(H,13,18). The molecule has 0 unspecified atom stereocenters. The average molecular weight is 282 g/mol. The van der Waals surface area contributed by atoms with Crippen LogP contribution in [0.5, 0.6) is 0 Å². The van der Waals surface area contributed by atoms with Crippen molar-refractivity contribution in [1.82, 2.24) is 25.6 Å². The van der Waals surface area contributed by atoms with E-state index in [9.17, 15) is 9.18 Å². The lowest BCUT2D eigenvalue weighted by atomic mass is 10.1. The SMILES string of the molecule is Cn1nnnc1SCc1cc(C(=O)NN)ccc1F. The number of nitrogen functional groups attached to an aromatic ring is 1. The Balaban J connectivity index is 2.15. The van der Waals surface area contributed by atoms with Gasteiger partial charge in [0, 0.05) is 18.4 Å². The third-order valence-electron chi connectivity index (χ3n) is 2.38. The number of hydrazine groups is 1. The smallest absolute Gasteiger partial charge is 0.265 e. The van der Waals surface area contributed by atoms with Gasteiger partial charge in [-0.15, -0.1) is 5.10 Å². The van der Waals surface area contributed by atoms with Crippen molar-refractivity contribution in [2.24, 2.45) is 12.9 Å². The molecule has 100 valence electrons. The van der Waals surface area contributed by atoms with Crippen LogP contribution in [0, 0.1) is 5.82 Å². The molecule has 0 fully saturated rings. The molecule has 1 amide bonds. The highest BCUT2D eigenvalue weighted by Gasteiger charge is 2.10. The summed E-state index contributed by atoms with van der Waals surface area (Å²) in [6.45, 7) is 0. The molecular formula is C10H11FN6OS. The molecule has 1 aromatic carbocycles. The van der Waals surface area contributed by atoms with Crippen LogP contribution in [0.15, 0.2) is 23.4 Å².